The van der Waals surface area contributed by atoms with Crippen LogP contribution in [0.4, 0.5) is 5.69 Å². The van der Waals surface area contributed by atoms with E-state index in [4.69, 9.17) is 0 Å². The van der Waals surface area contributed by atoms with E-state index >= 15 is 0 Å². The van der Waals surface area contributed by atoms with E-state index in [9.17, 15) is 0 Å². The molecule has 0 bridgehead atoms. The number of benzene rings is 1. The van der Waals surface area contributed by atoms with E-state index in [2.05, 4.69) is 74.2 Å². The normalized spacial score (nSPS) is 25.1. The smallest absolute Gasteiger partial charge is 0.0655 e. The molecule has 2 atom stereocenters. The quantitative estimate of drug-likeness (QED) is 0.864. The van der Waals surface area contributed by atoms with E-state index in [1.165, 1.54) is 21.1 Å². The number of hydrogen-bond donors (Lipinski definition) is 1. The molecule has 0 amide bonds. The lowest BCUT2D eigenvalue weighted by Gasteiger charge is -2.39. The molecule has 1 aromatic rings. The highest BCUT2D eigenvalue weighted by Gasteiger charge is 2.26. The SMILES string of the molecule is CNC1CCN(c2c(Br)cccc2Br)CC1C. The fraction of sp³-hybridized carbons (Fsp3) is 0.538. The average Bonchev–Trinajstić information content (AvgIpc) is 2.29. The van der Waals surface area contributed by atoms with Crippen LogP contribution in [0.25, 0.3) is 0 Å². The number of piperidine rings is 1. The van der Waals surface area contributed by atoms with Crippen molar-refractivity contribution in [2.75, 3.05) is 25.0 Å². The summed E-state index contributed by atoms with van der Waals surface area (Å²) in [5.74, 6) is 0.674. The number of nitrogens with one attached hydrogen (secondary N) is 1. The second kappa shape index (κ2) is 5.72. The summed E-state index contributed by atoms with van der Waals surface area (Å²) < 4.78 is 2.34. The Morgan fingerprint density at radius 2 is 1.94 bits per heavy atom. The van der Waals surface area contributed by atoms with Gasteiger partial charge in [0.05, 0.1) is 5.69 Å². The maximum atomic E-state index is 3.65. The van der Waals surface area contributed by atoms with Gasteiger partial charge in [0.2, 0.25) is 0 Å². The van der Waals surface area contributed by atoms with Gasteiger partial charge in [-0.15, -0.1) is 0 Å². The molecule has 1 saturated heterocycles. The lowest BCUT2D eigenvalue weighted by atomic mass is 9.93. The average molecular weight is 362 g/mol. The Hall–Kier alpha value is -0.0600. The summed E-state index contributed by atoms with van der Waals surface area (Å²) in [5.41, 5.74) is 1.29. The van der Waals surface area contributed by atoms with Crippen molar-refractivity contribution < 1.29 is 0 Å². The molecule has 1 heterocycles. The second-order valence-corrected chi connectivity index (χ2v) is 6.39. The van der Waals surface area contributed by atoms with E-state index in [-0.39, 0.29) is 0 Å². The summed E-state index contributed by atoms with van der Waals surface area (Å²) in [5, 5.41) is 3.40. The van der Waals surface area contributed by atoms with Gasteiger partial charge < -0.3 is 10.2 Å². The molecule has 1 aromatic carbocycles. The Balaban J connectivity index is 2.19. The van der Waals surface area contributed by atoms with Gasteiger partial charge in [-0.25, -0.2) is 0 Å². The van der Waals surface area contributed by atoms with Gasteiger partial charge >= 0.3 is 0 Å². The molecule has 1 fully saturated rings. The van der Waals surface area contributed by atoms with Crippen LogP contribution >= 0.6 is 31.9 Å². The predicted molar refractivity (Wildman–Crippen MR) is 80.7 cm³/mol. The van der Waals surface area contributed by atoms with E-state index in [1.54, 1.807) is 0 Å². The van der Waals surface area contributed by atoms with Crippen molar-refractivity contribution in [2.24, 2.45) is 5.92 Å². The molecule has 1 aliphatic rings. The van der Waals surface area contributed by atoms with Crippen molar-refractivity contribution in [1.82, 2.24) is 5.32 Å². The van der Waals surface area contributed by atoms with Crippen LogP contribution in [0.1, 0.15) is 13.3 Å². The zero-order valence-electron chi connectivity index (χ0n) is 10.2. The topological polar surface area (TPSA) is 15.3 Å². The molecular formula is C13H18Br2N2. The third kappa shape index (κ3) is 2.85. The van der Waals surface area contributed by atoms with E-state index < -0.39 is 0 Å². The number of rotatable bonds is 2. The molecule has 0 aromatic heterocycles. The number of para-hydroxylation sites is 1. The van der Waals surface area contributed by atoms with Gasteiger partial charge in [-0.3, -0.25) is 0 Å². The summed E-state index contributed by atoms with van der Waals surface area (Å²) in [7, 11) is 2.06. The van der Waals surface area contributed by atoms with Crippen LogP contribution in [0.3, 0.4) is 0 Å². The molecule has 0 spiro atoms. The van der Waals surface area contributed by atoms with Gasteiger partial charge in [0, 0.05) is 28.1 Å². The van der Waals surface area contributed by atoms with Crippen LogP contribution in [-0.2, 0) is 0 Å². The van der Waals surface area contributed by atoms with Gasteiger partial charge in [0.25, 0.3) is 0 Å². The third-order valence-corrected chi connectivity index (χ3v) is 4.81. The van der Waals surface area contributed by atoms with E-state index in [1.807, 2.05) is 0 Å². The molecule has 2 unspecified atom stereocenters. The first-order chi connectivity index (χ1) is 8.13. The van der Waals surface area contributed by atoms with Gasteiger partial charge in [0.1, 0.15) is 0 Å². The Bertz CT molecular complexity index is 375. The van der Waals surface area contributed by atoms with Crippen molar-refractivity contribution in [1.29, 1.82) is 0 Å². The van der Waals surface area contributed by atoms with Crippen LogP contribution in [0.2, 0.25) is 0 Å². The van der Waals surface area contributed by atoms with Gasteiger partial charge in [0.15, 0.2) is 0 Å². The molecule has 0 aliphatic carbocycles. The number of nitrogens with zero attached hydrogens (tertiary/aromatic N) is 1. The number of hydrogen-bond acceptors (Lipinski definition) is 2. The van der Waals surface area contributed by atoms with Crippen molar-refractivity contribution >= 4 is 37.5 Å². The Labute approximate surface area is 120 Å². The van der Waals surface area contributed by atoms with Crippen molar-refractivity contribution in [3.05, 3.63) is 27.1 Å². The maximum Gasteiger partial charge on any atom is 0.0655 e. The largest absolute Gasteiger partial charge is 0.369 e. The Morgan fingerprint density at radius 3 is 2.47 bits per heavy atom. The first-order valence-corrected chi connectivity index (χ1v) is 7.58. The fourth-order valence-electron chi connectivity index (χ4n) is 2.57. The lowest BCUT2D eigenvalue weighted by molar-refractivity contribution is 0.338. The van der Waals surface area contributed by atoms with Gasteiger partial charge in [-0.2, -0.15) is 0 Å². The molecule has 94 valence electrons. The lowest BCUT2D eigenvalue weighted by Crippen LogP contribution is -2.47. The molecular weight excluding hydrogens is 344 g/mol. The molecule has 1 N–H and O–H groups in total. The van der Waals surface area contributed by atoms with Gasteiger partial charge in [-0.05, 0) is 63.4 Å². The highest BCUT2D eigenvalue weighted by molar-refractivity contribution is 9.11. The standard InChI is InChI=1S/C13H18Br2N2/c1-9-8-17(7-6-12(9)16-2)13-10(14)4-3-5-11(13)15/h3-5,9,12,16H,6-8H2,1-2H3. The highest BCUT2D eigenvalue weighted by atomic mass is 79.9. The third-order valence-electron chi connectivity index (χ3n) is 3.53. The van der Waals surface area contributed by atoms with Crippen LogP contribution in [-0.4, -0.2) is 26.2 Å². The minimum absolute atomic E-state index is 0.646. The zero-order chi connectivity index (χ0) is 12.4. The number of halogens is 2. The minimum Gasteiger partial charge on any atom is -0.369 e. The summed E-state index contributed by atoms with van der Waals surface area (Å²) in [4.78, 5) is 2.46. The minimum atomic E-state index is 0.646. The molecule has 1 aliphatic heterocycles. The first-order valence-electron chi connectivity index (χ1n) is 5.99. The van der Waals surface area contributed by atoms with Crippen LogP contribution in [0, 0.1) is 5.92 Å². The van der Waals surface area contributed by atoms with Crippen molar-refractivity contribution in [3.8, 4) is 0 Å². The van der Waals surface area contributed by atoms with E-state index in [0.717, 1.165) is 13.1 Å². The highest BCUT2D eigenvalue weighted by Crippen LogP contribution is 2.36. The molecule has 2 rings (SSSR count). The zero-order valence-corrected chi connectivity index (χ0v) is 13.4. The maximum absolute atomic E-state index is 3.65. The van der Waals surface area contributed by atoms with Crippen molar-refractivity contribution in [2.45, 2.75) is 19.4 Å². The second-order valence-electron chi connectivity index (χ2n) is 4.68. The molecule has 4 heteroatoms. The number of anilines is 1. The summed E-state index contributed by atoms with van der Waals surface area (Å²) >= 11 is 7.29. The summed E-state index contributed by atoms with van der Waals surface area (Å²) in [6, 6.07) is 6.91. The fourth-order valence-corrected chi connectivity index (χ4v) is 4.07. The summed E-state index contributed by atoms with van der Waals surface area (Å²) in [6.07, 6.45) is 1.20. The van der Waals surface area contributed by atoms with Crippen LogP contribution < -0.4 is 10.2 Å². The van der Waals surface area contributed by atoms with Crippen LogP contribution in [0.5, 0.6) is 0 Å². The molecule has 0 radical (unpaired) electrons. The van der Waals surface area contributed by atoms with Crippen molar-refractivity contribution in [3.63, 3.8) is 0 Å². The molecule has 17 heavy (non-hydrogen) atoms. The predicted octanol–water partition coefficient (Wildman–Crippen LogP) is 3.65. The monoisotopic (exact) mass is 360 g/mol. The molecule has 2 nitrogen and oxygen atoms in total. The van der Waals surface area contributed by atoms with Crippen LogP contribution in [0.15, 0.2) is 27.1 Å². The van der Waals surface area contributed by atoms with E-state index in [0.29, 0.717) is 12.0 Å². The van der Waals surface area contributed by atoms with Gasteiger partial charge in [-0.1, -0.05) is 13.0 Å². The first kappa shape index (κ1) is 13.4. The molecule has 0 saturated carbocycles. The Morgan fingerprint density at radius 1 is 1.29 bits per heavy atom. The summed E-state index contributed by atoms with van der Waals surface area (Å²) in [6.45, 7) is 4.53. The Kier molecular flexibility index (Phi) is 4.50.